The highest BCUT2D eigenvalue weighted by molar-refractivity contribution is 6.07. The Morgan fingerprint density at radius 2 is 1.83 bits per heavy atom. The van der Waals surface area contributed by atoms with Gasteiger partial charge in [-0.2, -0.15) is 5.10 Å². The first-order valence-corrected chi connectivity index (χ1v) is 8.20. The van der Waals surface area contributed by atoms with Gasteiger partial charge < -0.3 is 4.90 Å². The van der Waals surface area contributed by atoms with Crippen molar-refractivity contribution in [3.8, 4) is 0 Å². The molecule has 0 aliphatic carbocycles. The number of aromatic nitrogens is 2. The van der Waals surface area contributed by atoms with Crippen LogP contribution in [0, 0.1) is 6.92 Å². The highest BCUT2D eigenvalue weighted by Gasteiger charge is 2.10. The minimum atomic E-state index is -0.00461. The summed E-state index contributed by atoms with van der Waals surface area (Å²) < 4.78 is 1.79. The van der Waals surface area contributed by atoms with Gasteiger partial charge in [-0.15, -0.1) is 0 Å². The molecule has 2 rings (SSSR count). The van der Waals surface area contributed by atoms with Gasteiger partial charge in [0.2, 0.25) is 0 Å². The maximum absolute atomic E-state index is 12.3. The molecule has 1 heterocycles. The normalized spacial score (nSPS) is 11.1. The first kappa shape index (κ1) is 17.0. The van der Waals surface area contributed by atoms with Crippen molar-refractivity contribution in [2.75, 3.05) is 18.0 Å². The molecule has 4 nitrogen and oxygen atoms in total. The van der Waals surface area contributed by atoms with Gasteiger partial charge in [-0.05, 0) is 51.5 Å². The molecule has 0 aliphatic heterocycles. The second kappa shape index (κ2) is 7.77. The molecule has 2 aromatic rings. The summed E-state index contributed by atoms with van der Waals surface area (Å²) in [6.07, 6.45) is 5.29. The molecule has 0 radical (unpaired) electrons. The zero-order chi connectivity index (χ0) is 16.8. The standard InChI is InChI=1S/C19H25N3O/c1-5-21(6-2)17-11-8-16(9-12-17)10-13-19(23)18-14-22(7-3)20-15(18)4/h8-14H,5-7H2,1-4H3/b13-10+. The molecule has 23 heavy (non-hydrogen) atoms. The molecule has 1 aromatic heterocycles. The minimum Gasteiger partial charge on any atom is -0.372 e. The number of allylic oxidation sites excluding steroid dienone is 1. The number of benzene rings is 1. The van der Waals surface area contributed by atoms with Crippen LogP contribution in [0.5, 0.6) is 0 Å². The fourth-order valence-corrected chi connectivity index (χ4v) is 2.57. The van der Waals surface area contributed by atoms with E-state index >= 15 is 0 Å². The van der Waals surface area contributed by atoms with Crippen molar-refractivity contribution in [3.05, 3.63) is 53.4 Å². The number of carbonyl (C=O) groups excluding carboxylic acids is 1. The lowest BCUT2D eigenvalue weighted by atomic mass is 10.1. The Morgan fingerprint density at radius 3 is 2.35 bits per heavy atom. The molecule has 0 amide bonds. The van der Waals surface area contributed by atoms with Gasteiger partial charge in [0.05, 0.1) is 11.3 Å². The first-order valence-electron chi connectivity index (χ1n) is 8.20. The maximum atomic E-state index is 12.3. The van der Waals surface area contributed by atoms with E-state index in [2.05, 4.69) is 36.0 Å². The number of rotatable bonds is 7. The zero-order valence-electron chi connectivity index (χ0n) is 14.4. The van der Waals surface area contributed by atoms with Crippen molar-refractivity contribution < 1.29 is 4.79 Å². The van der Waals surface area contributed by atoms with E-state index in [1.54, 1.807) is 10.8 Å². The molecule has 0 aliphatic rings. The number of aryl methyl sites for hydroxylation is 2. The Morgan fingerprint density at radius 1 is 1.17 bits per heavy atom. The number of ketones is 1. The summed E-state index contributed by atoms with van der Waals surface area (Å²) in [6, 6.07) is 8.27. The number of carbonyl (C=O) groups is 1. The number of anilines is 1. The molecule has 0 spiro atoms. The largest absolute Gasteiger partial charge is 0.372 e. The van der Waals surface area contributed by atoms with Crippen molar-refractivity contribution in [2.24, 2.45) is 0 Å². The molecule has 0 saturated carbocycles. The van der Waals surface area contributed by atoms with Crippen LogP contribution in [-0.2, 0) is 6.54 Å². The van der Waals surface area contributed by atoms with Crippen molar-refractivity contribution in [2.45, 2.75) is 34.2 Å². The summed E-state index contributed by atoms with van der Waals surface area (Å²) >= 11 is 0. The predicted octanol–water partition coefficient (Wildman–Crippen LogP) is 3.95. The monoisotopic (exact) mass is 311 g/mol. The van der Waals surface area contributed by atoms with Gasteiger partial charge in [-0.3, -0.25) is 9.48 Å². The van der Waals surface area contributed by atoms with E-state index in [1.807, 2.05) is 38.3 Å². The lowest BCUT2D eigenvalue weighted by Crippen LogP contribution is -2.21. The highest BCUT2D eigenvalue weighted by Crippen LogP contribution is 2.16. The predicted molar refractivity (Wildman–Crippen MR) is 96.0 cm³/mol. The van der Waals surface area contributed by atoms with Crippen LogP contribution in [0.25, 0.3) is 6.08 Å². The summed E-state index contributed by atoms with van der Waals surface area (Å²) in [5.41, 5.74) is 3.68. The van der Waals surface area contributed by atoms with Crippen LogP contribution in [0.4, 0.5) is 5.69 Å². The quantitative estimate of drug-likeness (QED) is 0.574. The SMILES string of the molecule is CCN(CC)c1ccc(/C=C/C(=O)c2cn(CC)nc2C)cc1. The summed E-state index contributed by atoms with van der Waals surface area (Å²) in [5.74, 6) is -0.00461. The highest BCUT2D eigenvalue weighted by atomic mass is 16.1. The van der Waals surface area contributed by atoms with Gasteiger partial charge in [-0.1, -0.05) is 18.2 Å². The van der Waals surface area contributed by atoms with Crippen molar-refractivity contribution in [1.82, 2.24) is 9.78 Å². The zero-order valence-corrected chi connectivity index (χ0v) is 14.4. The summed E-state index contributed by atoms with van der Waals surface area (Å²) in [5, 5.41) is 4.31. The van der Waals surface area contributed by atoms with Crippen LogP contribution in [0.2, 0.25) is 0 Å². The third-order valence-electron chi connectivity index (χ3n) is 3.98. The van der Waals surface area contributed by atoms with Crippen molar-refractivity contribution in [1.29, 1.82) is 0 Å². The van der Waals surface area contributed by atoms with E-state index in [0.717, 1.165) is 30.9 Å². The van der Waals surface area contributed by atoms with Gasteiger partial charge in [-0.25, -0.2) is 0 Å². The van der Waals surface area contributed by atoms with E-state index in [0.29, 0.717) is 5.56 Å². The Kier molecular flexibility index (Phi) is 5.74. The smallest absolute Gasteiger partial charge is 0.189 e. The first-order chi connectivity index (χ1) is 11.1. The molecular formula is C19H25N3O. The number of hydrogen-bond acceptors (Lipinski definition) is 3. The molecule has 0 atom stereocenters. The van der Waals surface area contributed by atoms with Crippen LogP contribution < -0.4 is 4.90 Å². The van der Waals surface area contributed by atoms with Gasteiger partial charge in [0.25, 0.3) is 0 Å². The molecule has 0 N–H and O–H groups in total. The average Bonchev–Trinajstić information content (AvgIpc) is 2.96. The third kappa shape index (κ3) is 4.09. The Balaban J connectivity index is 2.10. The second-order valence-corrected chi connectivity index (χ2v) is 5.45. The molecule has 0 unspecified atom stereocenters. The number of hydrogen-bond donors (Lipinski definition) is 0. The van der Waals surface area contributed by atoms with E-state index < -0.39 is 0 Å². The average molecular weight is 311 g/mol. The summed E-state index contributed by atoms with van der Waals surface area (Å²) in [6.45, 7) is 10.9. The van der Waals surface area contributed by atoms with Crippen LogP contribution >= 0.6 is 0 Å². The molecule has 0 fully saturated rings. The molecule has 0 bridgehead atoms. The van der Waals surface area contributed by atoms with Gasteiger partial charge >= 0.3 is 0 Å². The Hall–Kier alpha value is -2.36. The van der Waals surface area contributed by atoms with Gasteiger partial charge in [0.15, 0.2) is 5.78 Å². The van der Waals surface area contributed by atoms with Crippen molar-refractivity contribution in [3.63, 3.8) is 0 Å². The molecule has 1 aromatic carbocycles. The second-order valence-electron chi connectivity index (χ2n) is 5.45. The van der Waals surface area contributed by atoms with Crippen LogP contribution in [0.15, 0.2) is 36.5 Å². The van der Waals surface area contributed by atoms with E-state index in [-0.39, 0.29) is 5.78 Å². The van der Waals surface area contributed by atoms with E-state index in [9.17, 15) is 4.79 Å². The summed E-state index contributed by atoms with van der Waals surface area (Å²) in [4.78, 5) is 14.6. The van der Waals surface area contributed by atoms with Crippen LogP contribution in [0.3, 0.4) is 0 Å². The summed E-state index contributed by atoms with van der Waals surface area (Å²) in [7, 11) is 0. The topological polar surface area (TPSA) is 38.1 Å². The van der Waals surface area contributed by atoms with Gasteiger partial charge in [0, 0.05) is 31.5 Å². The van der Waals surface area contributed by atoms with Gasteiger partial charge in [0.1, 0.15) is 0 Å². The molecule has 122 valence electrons. The lowest BCUT2D eigenvalue weighted by Gasteiger charge is -2.20. The van der Waals surface area contributed by atoms with Crippen molar-refractivity contribution >= 4 is 17.5 Å². The maximum Gasteiger partial charge on any atom is 0.189 e. The Labute approximate surface area is 138 Å². The van der Waals surface area contributed by atoms with Crippen LogP contribution in [0.1, 0.15) is 42.4 Å². The fourth-order valence-electron chi connectivity index (χ4n) is 2.57. The Bertz CT molecular complexity index is 679. The molecule has 0 saturated heterocycles. The number of nitrogens with zero attached hydrogens (tertiary/aromatic N) is 3. The lowest BCUT2D eigenvalue weighted by molar-refractivity contribution is 0.104. The fraction of sp³-hybridized carbons (Fsp3) is 0.368. The van der Waals surface area contributed by atoms with E-state index in [4.69, 9.17) is 0 Å². The van der Waals surface area contributed by atoms with Crippen LogP contribution in [-0.4, -0.2) is 28.7 Å². The van der Waals surface area contributed by atoms with E-state index in [1.165, 1.54) is 5.69 Å². The molecule has 4 heteroatoms. The third-order valence-corrected chi connectivity index (χ3v) is 3.98. The minimum absolute atomic E-state index is 0.00461. The molecular weight excluding hydrogens is 286 g/mol.